The first-order chi connectivity index (χ1) is 12.5. The van der Waals surface area contributed by atoms with E-state index >= 15 is 0 Å². The number of primary amides is 1. The maximum atomic E-state index is 11.4. The topological polar surface area (TPSA) is 116 Å². The molecule has 0 aliphatic carbocycles. The van der Waals surface area contributed by atoms with Gasteiger partial charge in [-0.1, -0.05) is 17.7 Å². The van der Waals surface area contributed by atoms with Gasteiger partial charge in [0.15, 0.2) is 5.69 Å². The smallest absolute Gasteiger partial charge is 0.269 e. The van der Waals surface area contributed by atoms with Crippen LogP contribution < -0.4 is 16.2 Å². The van der Waals surface area contributed by atoms with Crippen LogP contribution in [0.4, 0.5) is 0 Å². The fourth-order valence-electron chi connectivity index (χ4n) is 2.12. The number of amidine groups is 1. The number of ether oxygens (including phenoxy) is 1. The van der Waals surface area contributed by atoms with Gasteiger partial charge in [0.05, 0.1) is 12.7 Å². The van der Waals surface area contributed by atoms with Crippen molar-refractivity contribution >= 4 is 48.6 Å². The number of rotatable bonds is 8. The fraction of sp³-hybridized carbons (Fsp3) is 0.250. The molecule has 1 aromatic heterocycles. The standard InChI is InChI=1S/C16H18ClN5O2S2/c17-12-6-21-13(14(22-12)16(19)23)15(18)20-3-4-24-11-2-1-9(7-25)10(5-11)8-26/h1-2,5-6,25-26H,3-4,7-8H2,(H2,18,20)(H2,19,23). The summed E-state index contributed by atoms with van der Waals surface area (Å²) in [7, 11) is 0. The van der Waals surface area contributed by atoms with Crippen LogP contribution in [0.3, 0.4) is 0 Å². The van der Waals surface area contributed by atoms with Crippen LogP contribution in [0.2, 0.25) is 5.15 Å². The van der Waals surface area contributed by atoms with Gasteiger partial charge in [0.1, 0.15) is 29.0 Å². The minimum absolute atomic E-state index is 0.0352. The maximum absolute atomic E-state index is 11.4. The van der Waals surface area contributed by atoms with Gasteiger partial charge < -0.3 is 16.2 Å². The molecule has 0 fully saturated rings. The number of benzene rings is 1. The third-order valence-corrected chi connectivity index (χ3v) is 4.24. The van der Waals surface area contributed by atoms with E-state index in [0.717, 1.165) is 11.1 Å². The Morgan fingerprint density at radius 1 is 1.19 bits per heavy atom. The van der Waals surface area contributed by atoms with E-state index in [4.69, 9.17) is 27.8 Å². The number of amides is 1. The zero-order valence-electron chi connectivity index (χ0n) is 13.7. The van der Waals surface area contributed by atoms with E-state index in [1.807, 2.05) is 18.2 Å². The summed E-state index contributed by atoms with van der Waals surface area (Å²) < 4.78 is 5.66. The lowest BCUT2D eigenvalue weighted by Crippen LogP contribution is -2.25. The van der Waals surface area contributed by atoms with Crippen molar-refractivity contribution in [2.45, 2.75) is 11.5 Å². The molecule has 2 aromatic rings. The molecule has 0 saturated heterocycles. The minimum Gasteiger partial charge on any atom is -0.492 e. The molecule has 1 heterocycles. The summed E-state index contributed by atoms with van der Waals surface area (Å²) >= 11 is 14.3. The van der Waals surface area contributed by atoms with Crippen molar-refractivity contribution in [2.24, 2.45) is 16.5 Å². The van der Waals surface area contributed by atoms with Gasteiger partial charge in [0.25, 0.3) is 5.91 Å². The molecule has 1 amide bonds. The highest BCUT2D eigenvalue weighted by Gasteiger charge is 2.15. The Hall–Kier alpha value is -1.97. The van der Waals surface area contributed by atoms with Crippen LogP contribution in [0.15, 0.2) is 29.4 Å². The Labute approximate surface area is 167 Å². The molecule has 7 nitrogen and oxygen atoms in total. The number of carbonyl (C=O) groups excluding carboxylic acids is 1. The molecular formula is C16H18ClN5O2S2. The van der Waals surface area contributed by atoms with Crippen molar-refractivity contribution in [3.8, 4) is 5.75 Å². The lowest BCUT2D eigenvalue weighted by molar-refractivity contribution is 0.0995. The van der Waals surface area contributed by atoms with E-state index in [1.165, 1.54) is 6.20 Å². The number of halogens is 1. The van der Waals surface area contributed by atoms with Crippen molar-refractivity contribution in [1.29, 1.82) is 0 Å². The SMILES string of the molecule is NC(=O)c1nc(Cl)cnc1C(N)=NCCOc1ccc(CS)c(CS)c1. The molecule has 0 unspecified atom stereocenters. The molecule has 1 aromatic carbocycles. The molecule has 0 radical (unpaired) electrons. The summed E-state index contributed by atoms with van der Waals surface area (Å²) in [5, 5.41) is 0.0448. The number of aliphatic imine (C=N–C) groups is 1. The second-order valence-electron chi connectivity index (χ2n) is 5.12. The largest absolute Gasteiger partial charge is 0.492 e. The van der Waals surface area contributed by atoms with Crippen molar-refractivity contribution in [2.75, 3.05) is 13.2 Å². The Balaban J connectivity index is 2.02. The normalized spacial score (nSPS) is 11.4. The molecule has 138 valence electrons. The molecule has 0 bridgehead atoms. The number of nitrogens with zero attached hydrogens (tertiary/aromatic N) is 3. The van der Waals surface area contributed by atoms with Crippen LogP contribution in [-0.4, -0.2) is 34.9 Å². The van der Waals surface area contributed by atoms with Gasteiger partial charge >= 0.3 is 0 Å². The molecule has 10 heteroatoms. The third-order valence-electron chi connectivity index (χ3n) is 3.38. The van der Waals surface area contributed by atoms with Gasteiger partial charge in [-0.2, -0.15) is 25.3 Å². The number of hydrogen-bond acceptors (Lipinski definition) is 7. The van der Waals surface area contributed by atoms with E-state index in [0.29, 0.717) is 23.9 Å². The lowest BCUT2D eigenvalue weighted by Gasteiger charge is -2.10. The highest BCUT2D eigenvalue weighted by Crippen LogP contribution is 2.21. The predicted octanol–water partition coefficient (Wildman–Crippen LogP) is 1.87. The fourth-order valence-corrected chi connectivity index (χ4v) is 2.86. The van der Waals surface area contributed by atoms with E-state index in [-0.39, 0.29) is 28.9 Å². The van der Waals surface area contributed by atoms with Crippen LogP contribution in [0, 0.1) is 0 Å². The van der Waals surface area contributed by atoms with Gasteiger partial charge in [-0.15, -0.1) is 0 Å². The first kappa shape index (κ1) is 20.3. The molecule has 0 aliphatic rings. The second kappa shape index (κ2) is 9.65. The van der Waals surface area contributed by atoms with Crippen LogP contribution in [0.25, 0.3) is 0 Å². The minimum atomic E-state index is -0.784. The third kappa shape index (κ3) is 5.26. The monoisotopic (exact) mass is 411 g/mol. The van der Waals surface area contributed by atoms with Crippen molar-refractivity contribution in [3.05, 3.63) is 52.1 Å². The Bertz CT molecular complexity index is 832. The highest BCUT2D eigenvalue weighted by molar-refractivity contribution is 7.79. The molecule has 0 spiro atoms. The van der Waals surface area contributed by atoms with Gasteiger partial charge in [-0.05, 0) is 23.3 Å². The van der Waals surface area contributed by atoms with Gasteiger partial charge in [-0.25, -0.2) is 9.97 Å². The second-order valence-corrected chi connectivity index (χ2v) is 6.14. The summed E-state index contributed by atoms with van der Waals surface area (Å²) in [6, 6.07) is 5.73. The summed E-state index contributed by atoms with van der Waals surface area (Å²) in [4.78, 5) is 23.4. The van der Waals surface area contributed by atoms with E-state index in [2.05, 4.69) is 40.2 Å². The number of thiol groups is 2. The van der Waals surface area contributed by atoms with Crippen molar-refractivity contribution in [3.63, 3.8) is 0 Å². The molecule has 0 atom stereocenters. The predicted molar refractivity (Wildman–Crippen MR) is 108 cm³/mol. The van der Waals surface area contributed by atoms with Crippen LogP contribution in [-0.2, 0) is 11.5 Å². The van der Waals surface area contributed by atoms with Gasteiger partial charge in [0.2, 0.25) is 0 Å². The summed E-state index contributed by atoms with van der Waals surface area (Å²) in [5.74, 6) is 1.20. The van der Waals surface area contributed by atoms with Crippen molar-refractivity contribution in [1.82, 2.24) is 9.97 Å². The zero-order chi connectivity index (χ0) is 19.1. The quantitative estimate of drug-likeness (QED) is 0.229. The molecule has 2 rings (SSSR count). The van der Waals surface area contributed by atoms with Crippen LogP contribution in [0.5, 0.6) is 5.75 Å². The summed E-state index contributed by atoms with van der Waals surface area (Å²) in [6.07, 6.45) is 1.27. The van der Waals surface area contributed by atoms with Crippen molar-refractivity contribution < 1.29 is 9.53 Å². The average molecular weight is 412 g/mol. The molecule has 0 aliphatic heterocycles. The first-order valence-corrected chi connectivity index (χ1v) is 9.19. The van der Waals surface area contributed by atoms with E-state index < -0.39 is 5.91 Å². The summed E-state index contributed by atoms with van der Waals surface area (Å²) in [6.45, 7) is 0.554. The number of carbonyl (C=O) groups is 1. The van der Waals surface area contributed by atoms with E-state index in [1.54, 1.807) is 0 Å². The lowest BCUT2D eigenvalue weighted by atomic mass is 10.1. The average Bonchev–Trinajstić information content (AvgIpc) is 2.64. The first-order valence-electron chi connectivity index (χ1n) is 7.55. The van der Waals surface area contributed by atoms with Crippen LogP contribution >= 0.6 is 36.9 Å². The zero-order valence-corrected chi connectivity index (χ0v) is 16.3. The highest BCUT2D eigenvalue weighted by atomic mass is 35.5. The molecule has 26 heavy (non-hydrogen) atoms. The Morgan fingerprint density at radius 2 is 1.92 bits per heavy atom. The van der Waals surface area contributed by atoms with Gasteiger partial charge in [-0.3, -0.25) is 9.79 Å². The molecule has 4 N–H and O–H groups in total. The van der Waals surface area contributed by atoms with Gasteiger partial charge in [0, 0.05) is 11.5 Å². The molecule has 0 saturated carbocycles. The number of hydrogen-bond donors (Lipinski definition) is 4. The van der Waals surface area contributed by atoms with Crippen LogP contribution in [0.1, 0.15) is 27.3 Å². The molecular weight excluding hydrogens is 394 g/mol. The Morgan fingerprint density at radius 3 is 2.58 bits per heavy atom. The maximum Gasteiger partial charge on any atom is 0.269 e. The summed E-state index contributed by atoms with van der Waals surface area (Å²) in [5.41, 5.74) is 13.3. The Kier molecular flexibility index (Phi) is 7.55. The number of aromatic nitrogens is 2. The van der Waals surface area contributed by atoms with E-state index in [9.17, 15) is 4.79 Å². The number of nitrogens with two attached hydrogens (primary N) is 2.